The molecule has 0 unspecified atom stereocenters. The third kappa shape index (κ3) is 4.47. The maximum Gasteiger partial charge on any atom is 0.211 e. The summed E-state index contributed by atoms with van der Waals surface area (Å²) in [6.07, 6.45) is 1.60. The Morgan fingerprint density at radius 3 is 2.29 bits per heavy atom. The first-order valence-electron chi connectivity index (χ1n) is 3.87. The normalized spacial score (nSPS) is 9.50. The minimum Gasteiger partial charge on any atom is -0.369 e. The Bertz CT molecular complexity index is 325. The highest BCUT2D eigenvalue weighted by atomic mass is 35.5. The van der Waals surface area contributed by atoms with E-state index in [1.807, 2.05) is 31.2 Å². The summed E-state index contributed by atoms with van der Waals surface area (Å²) in [7, 11) is 0. The number of benzene rings is 1. The van der Waals surface area contributed by atoms with Gasteiger partial charge in [-0.2, -0.15) is 5.10 Å². The first kappa shape index (κ1) is 12.4. The summed E-state index contributed by atoms with van der Waals surface area (Å²) < 4.78 is 0. The van der Waals surface area contributed by atoms with Crippen molar-refractivity contribution in [3.63, 3.8) is 0 Å². The minimum atomic E-state index is -0.0386. The van der Waals surface area contributed by atoms with E-state index in [9.17, 15) is 0 Å². The summed E-state index contributed by atoms with van der Waals surface area (Å²) in [5.74, 6) is -0.0386. The number of nitrogens with two attached hydrogens (primary N) is 2. The summed E-state index contributed by atoms with van der Waals surface area (Å²) in [6.45, 7) is 2.02. The van der Waals surface area contributed by atoms with Crippen LogP contribution in [0.1, 0.15) is 11.1 Å². The van der Waals surface area contributed by atoms with E-state index in [1.165, 1.54) is 5.56 Å². The van der Waals surface area contributed by atoms with Crippen molar-refractivity contribution in [3.8, 4) is 0 Å². The molecule has 14 heavy (non-hydrogen) atoms. The Kier molecular flexibility index (Phi) is 5.33. The summed E-state index contributed by atoms with van der Waals surface area (Å²) in [4.78, 5) is 0. The number of hydrogen-bond acceptors (Lipinski definition) is 2. The Hall–Kier alpha value is -1.55. The average Bonchev–Trinajstić information content (AvgIpc) is 2.08. The Morgan fingerprint density at radius 2 is 1.79 bits per heavy atom. The number of hydrogen-bond donors (Lipinski definition) is 2. The molecule has 0 bridgehead atoms. The molecule has 0 atom stereocenters. The molecule has 0 saturated heterocycles. The molecule has 0 saturated carbocycles. The van der Waals surface area contributed by atoms with E-state index in [2.05, 4.69) is 10.2 Å². The second-order valence-corrected chi connectivity index (χ2v) is 2.68. The molecule has 1 rings (SSSR count). The lowest BCUT2D eigenvalue weighted by atomic mass is 10.2. The van der Waals surface area contributed by atoms with E-state index < -0.39 is 0 Å². The van der Waals surface area contributed by atoms with Gasteiger partial charge in [0.2, 0.25) is 5.96 Å². The van der Waals surface area contributed by atoms with Crippen LogP contribution >= 0.6 is 12.4 Å². The van der Waals surface area contributed by atoms with E-state index >= 15 is 0 Å². The molecule has 1 aromatic carbocycles. The van der Waals surface area contributed by atoms with Crippen molar-refractivity contribution in [3.05, 3.63) is 35.4 Å². The van der Waals surface area contributed by atoms with E-state index in [0.717, 1.165) is 5.56 Å². The van der Waals surface area contributed by atoms with Gasteiger partial charge in [-0.1, -0.05) is 29.8 Å². The molecule has 0 spiro atoms. The highest BCUT2D eigenvalue weighted by molar-refractivity contribution is 5.85. The van der Waals surface area contributed by atoms with Crippen LogP contribution in [0.15, 0.2) is 34.5 Å². The molecule has 0 radical (unpaired) electrons. The molecule has 5 heteroatoms. The van der Waals surface area contributed by atoms with E-state index in [1.54, 1.807) is 6.21 Å². The van der Waals surface area contributed by atoms with Crippen molar-refractivity contribution >= 4 is 24.6 Å². The molecule has 76 valence electrons. The highest BCUT2D eigenvalue weighted by Gasteiger charge is 1.85. The van der Waals surface area contributed by atoms with Gasteiger partial charge in [0.1, 0.15) is 0 Å². The van der Waals surface area contributed by atoms with Crippen LogP contribution in [0.3, 0.4) is 0 Å². The number of halogens is 1. The molecule has 0 aromatic heterocycles. The molecule has 0 aliphatic heterocycles. The van der Waals surface area contributed by atoms with Crippen molar-refractivity contribution in [1.82, 2.24) is 0 Å². The van der Waals surface area contributed by atoms with Gasteiger partial charge in [-0.05, 0) is 12.5 Å². The van der Waals surface area contributed by atoms with Gasteiger partial charge in [-0.15, -0.1) is 17.5 Å². The lowest BCUT2D eigenvalue weighted by molar-refractivity contribution is 1.21. The van der Waals surface area contributed by atoms with Gasteiger partial charge in [0, 0.05) is 0 Å². The van der Waals surface area contributed by atoms with Crippen molar-refractivity contribution in [2.24, 2.45) is 21.7 Å². The van der Waals surface area contributed by atoms with Crippen LogP contribution in [-0.2, 0) is 0 Å². The molecular formula is C9H13ClN4. The third-order valence-corrected chi connectivity index (χ3v) is 1.46. The molecule has 0 amide bonds. The van der Waals surface area contributed by atoms with Gasteiger partial charge in [0.25, 0.3) is 0 Å². The van der Waals surface area contributed by atoms with Crippen LogP contribution < -0.4 is 11.5 Å². The summed E-state index contributed by atoms with van der Waals surface area (Å²) >= 11 is 0. The highest BCUT2D eigenvalue weighted by Crippen LogP contribution is 1.99. The smallest absolute Gasteiger partial charge is 0.211 e. The van der Waals surface area contributed by atoms with Gasteiger partial charge < -0.3 is 11.5 Å². The van der Waals surface area contributed by atoms with Crippen LogP contribution in [0.4, 0.5) is 0 Å². The molecule has 0 aliphatic carbocycles. The minimum absolute atomic E-state index is 0. The summed E-state index contributed by atoms with van der Waals surface area (Å²) in [6, 6.07) is 7.88. The molecule has 4 nitrogen and oxygen atoms in total. The van der Waals surface area contributed by atoms with E-state index in [-0.39, 0.29) is 18.4 Å². The maximum absolute atomic E-state index is 5.09. The number of rotatable bonds is 2. The second-order valence-electron chi connectivity index (χ2n) is 2.68. The Morgan fingerprint density at radius 1 is 1.21 bits per heavy atom. The number of guanidine groups is 1. The van der Waals surface area contributed by atoms with Crippen LogP contribution in [0.5, 0.6) is 0 Å². The molecule has 4 N–H and O–H groups in total. The second kappa shape index (κ2) is 5.99. The molecule has 0 heterocycles. The van der Waals surface area contributed by atoms with Gasteiger partial charge in [0.05, 0.1) is 6.21 Å². The molecule has 0 fully saturated rings. The van der Waals surface area contributed by atoms with Gasteiger partial charge in [-0.25, -0.2) is 0 Å². The lowest BCUT2D eigenvalue weighted by Crippen LogP contribution is -2.21. The summed E-state index contributed by atoms with van der Waals surface area (Å²) in [5, 5.41) is 7.17. The van der Waals surface area contributed by atoms with Crippen molar-refractivity contribution in [2.75, 3.05) is 0 Å². The number of aryl methyl sites for hydroxylation is 1. The predicted octanol–water partition coefficient (Wildman–Crippen LogP) is 1.02. The standard InChI is InChI=1S/C9H12N4.ClH/c1-7-2-4-8(5-3-7)6-12-13-9(10)11;/h2-6H,1H3,(H4,10,11,13);1H/b12-6+;. The third-order valence-electron chi connectivity index (χ3n) is 1.46. The van der Waals surface area contributed by atoms with Crippen molar-refractivity contribution in [2.45, 2.75) is 6.92 Å². The quantitative estimate of drug-likeness (QED) is 0.436. The van der Waals surface area contributed by atoms with Gasteiger partial charge in [0.15, 0.2) is 0 Å². The maximum atomic E-state index is 5.09. The molecular weight excluding hydrogens is 200 g/mol. The van der Waals surface area contributed by atoms with Crippen LogP contribution in [0.25, 0.3) is 0 Å². The first-order valence-corrected chi connectivity index (χ1v) is 3.87. The van der Waals surface area contributed by atoms with Crippen molar-refractivity contribution in [1.29, 1.82) is 0 Å². The number of nitrogens with zero attached hydrogens (tertiary/aromatic N) is 2. The molecule has 1 aromatic rings. The van der Waals surface area contributed by atoms with Gasteiger partial charge >= 0.3 is 0 Å². The van der Waals surface area contributed by atoms with Crippen LogP contribution in [0.2, 0.25) is 0 Å². The summed E-state index contributed by atoms with van der Waals surface area (Å²) in [5.41, 5.74) is 12.4. The average molecular weight is 213 g/mol. The van der Waals surface area contributed by atoms with Crippen LogP contribution in [0, 0.1) is 6.92 Å². The fraction of sp³-hybridized carbons (Fsp3) is 0.111. The fourth-order valence-corrected chi connectivity index (χ4v) is 0.815. The Balaban J connectivity index is 0.00000169. The first-order chi connectivity index (χ1) is 6.18. The monoisotopic (exact) mass is 212 g/mol. The topological polar surface area (TPSA) is 76.8 Å². The zero-order valence-corrected chi connectivity index (χ0v) is 8.66. The predicted molar refractivity (Wildman–Crippen MR) is 61.8 cm³/mol. The lowest BCUT2D eigenvalue weighted by Gasteiger charge is -1.92. The largest absolute Gasteiger partial charge is 0.369 e. The zero-order valence-electron chi connectivity index (χ0n) is 7.84. The van der Waals surface area contributed by atoms with Gasteiger partial charge in [-0.3, -0.25) is 0 Å². The van der Waals surface area contributed by atoms with Crippen LogP contribution in [-0.4, -0.2) is 12.2 Å². The zero-order chi connectivity index (χ0) is 9.68. The fourth-order valence-electron chi connectivity index (χ4n) is 0.815. The van der Waals surface area contributed by atoms with Crippen molar-refractivity contribution < 1.29 is 0 Å². The molecule has 0 aliphatic rings. The Labute approximate surface area is 89.1 Å². The SMILES string of the molecule is Cc1ccc(/C=N/N=C(N)N)cc1.Cl. The van der Waals surface area contributed by atoms with E-state index in [4.69, 9.17) is 11.5 Å². The van der Waals surface area contributed by atoms with E-state index in [0.29, 0.717) is 0 Å².